The number of para-hydroxylation sites is 1. The van der Waals surface area contributed by atoms with Gasteiger partial charge in [0.15, 0.2) is 5.96 Å². The van der Waals surface area contributed by atoms with Gasteiger partial charge in [-0.2, -0.15) is 0 Å². The summed E-state index contributed by atoms with van der Waals surface area (Å²) in [6.07, 6.45) is 3.80. The van der Waals surface area contributed by atoms with E-state index in [0.29, 0.717) is 6.10 Å². The molecule has 0 radical (unpaired) electrons. The summed E-state index contributed by atoms with van der Waals surface area (Å²) >= 11 is 0. The first-order chi connectivity index (χ1) is 12.8. The average Bonchev–Trinajstić information content (AvgIpc) is 3.22. The van der Waals surface area contributed by atoms with Gasteiger partial charge in [-0.15, -0.1) is 24.0 Å². The lowest BCUT2D eigenvalue weighted by Crippen LogP contribution is -2.47. The molecule has 2 aliphatic heterocycles. The van der Waals surface area contributed by atoms with Crippen molar-refractivity contribution >= 4 is 35.6 Å². The van der Waals surface area contributed by atoms with E-state index in [4.69, 9.17) is 4.74 Å². The molecular formula is C20H34IN5O. The molecule has 27 heavy (non-hydrogen) atoms. The van der Waals surface area contributed by atoms with Crippen LogP contribution in [0.15, 0.2) is 35.3 Å². The van der Waals surface area contributed by atoms with Crippen LogP contribution < -0.4 is 15.5 Å². The van der Waals surface area contributed by atoms with Gasteiger partial charge in [-0.1, -0.05) is 18.2 Å². The summed E-state index contributed by atoms with van der Waals surface area (Å²) in [5.74, 6) is 0.884. The van der Waals surface area contributed by atoms with E-state index in [-0.39, 0.29) is 24.0 Å². The number of piperazine rings is 1. The van der Waals surface area contributed by atoms with Gasteiger partial charge in [0.2, 0.25) is 0 Å². The van der Waals surface area contributed by atoms with Gasteiger partial charge < -0.3 is 20.3 Å². The highest BCUT2D eigenvalue weighted by Gasteiger charge is 2.17. The third-order valence-electron chi connectivity index (χ3n) is 5.18. The predicted octanol–water partition coefficient (Wildman–Crippen LogP) is 2.16. The second-order valence-corrected chi connectivity index (χ2v) is 7.03. The first kappa shape index (κ1) is 22.2. The lowest BCUT2D eigenvalue weighted by molar-refractivity contribution is 0.114. The summed E-state index contributed by atoms with van der Waals surface area (Å²) in [6, 6.07) is 10.7. The molecule has 2 aliphatic rings. The van der Waals surface area contributed by atoms with Gasteiger partial charge in [-0.25, -0.2) is 0 Å². The van der Waals surface area contributed by atoms with Crippen molar-refractivity contribution in [1.82, 2.24) is 15.5 Å². The fourth-order valence-electron chi connectivity index (χ4n) is 3.61. The standard InChI is InChI=1S/C20H33N5O.HI/c1-21-20(23-17-19-9-5-16-26-19)22-10-6-11-24-12-14-25(15-13-24)18-7-3-2-4-8-18;/h2-4,7-8,19H,5-6,9-17H2,1H3,(H2,21,22,23);1H. The summed E-state index contributed by atoms with van der Waals surface area (Å²) in [7, 11) is 1.83. The molecule has 3 rings (SSSR count). The number of guanidine groups is 1. The molecule has 0 spiro atoms. The highest BCUT2D eigenvalue weighted by Crippen LogP contribution is 2.15. The van der Waals surface area contributed by atoms with Crippen molar-refractivity contribution in [1.29, 1.82) is 0 Å². The van der Waals surface area contributed by atoms with Crippen LogP contribution in [-0.4, -0.2) is 76.4 Å². The van der Waals surface area contributed by atoms with Gasteiger partial charge in [0.25, 0.3) is 0 Å². The normalized spacial score (nSPS) is 21.0. The monoisotopic (exact) mass is 487 g/mol. The highest BCUT2D eigenvalue weighted by molar-refractivity contribution is 14.0. The van der Waals surface area contributed by atoms with Crippen molar-refractivity contribution in [2.45, 2.75) is 25.4 Å². The lowest BCUT2D eigenvalue weighted by Gasteiger charge is -2.36. The third kappa shape index (κ3) is 7.46. The van der Waals surface area contributed by atoms with Gasteiger partial charge in [-0.05, 0) is 37.9 Å². The zero-order valence-corrected chi connectivity index (χ0v) is 18.7. The molecular weight excluding hydrogens is 453 g/mol. The van der Waals surface area contributed by atoms with E-state index in [9.17, 15) is 0 Å². The van der Waals surface area contributed by atoms with Crippen LogP contribution in [0.3, 0.4) is 0 Å². The van der Waals surface area contributed by atoms with Crippen LogP contribution in [0, 0.1) is 0 Å². The molecule has 1 unspecified atom stereocenters. The molecule has 152 valence electrons. The summed E-state index contributed by atoms with van der Waals surface area (Å²) in [6.45, 7) is 8.34. The van der Waals surface area contributed by atoms with E-state index in [1.54, 1.807) is 0 Å². The summed E-state index contributed by atoms with van der Waals surface area (Å²) in [5.41, 5.74) is 1.34. The Morgan fingerprint density at radius 3 is 2.59 bits per heavy atom. The maximum absolute atomic E-state index is 5.64. The third-order valence-corrected chi connectivity index (χ3v) is 5.18. The van der Waals surface area contributed by atoms with Crippen LogP contribution >= 0.6 is 24.0 Å². The summed E-state index contributed by atoms with van der Waals surface area (Å²) in [5, 5.41) is 6.78. The first-order valence-electron chi connectivity index (χ1n) is 9.93. The highest BCUT2D eigenvalue weighted by atomic mass is 127. The average molecular weight is 487 g/mol. The van der Waals surface area contributed by atoms with Crippen LogP contribution in [0.25, 0.3) is 0 Å². The minimum atomic E-state index is 0. The molecule has 2 heterocycles. The van der Waals surface area contributed by atoms with Crippen molar-refractivity contribution in [2.75, 3.05) is 64.4 Å². The smallest absolute Gasteiger partial charge is 0.191 e. The Balaban J connectivity index is 0.00000261. The minimum Gasteiger partial charge on any atom is -0.376 e. The number of nitrogens with one attached hydrogen (secondary N) is 2. The van der Waals surface area contributed by atoms with E-state index in [0.717, 1.165) is 71.2 Å². The second kappa shape index (κ2) is 12.4. The lowest BCUT2D eigenvalue weighted by atomic mass is 10.2. The number of halogens is 1. The molecule has 2 N–H and O–H groups in total. The molecule has 2 fully saturated rings. The Labute approximate surface area is 180 Å². The van der Waals surface area contributed by atoms with E-state index in [2.05, 4.69) is 55.8 Å². The molecule has 0 bridgehead atoms. The van der Waals surface area contributed by atoms with Gasteiger partial charge in [0.1, 0.15) is 0 Å². The number of ether oxygens (including phenoxy) is 1. The predicted molar refractivity (Wildman–Crippen MR) is 123 cm³/mol. The SMILES string of the molecule is CN=C(NCCCN1CCN(c2ccccc2)CC1)NCC1CCCO1.I. The van der Waals surface area contributed by atoms with E-state index in [1.165, 1.54) is 12.1 Å². The molecule has 7 heteroatoms. The van der Waals surface area contributed by atoms with E-state index in [1.807, 2.05) is 7.05 Å². The second-order valence-electron chi connectivity index (χ2n) is 7.03. The fraction of sp³-hybridized carbons (Fsp3) is 0.650. The molecule has 1 atom stereocenters. The number of hydrogen-bond donors (Lipinski definition) is 2. The Kier molecular flexibility index (Phi) is 10.2. The summed E-state index contributed by atoms with van der Waals surface area (Å²) < 4.78 is 5.64. The van der Waals surface area contributed by atoms with Crippen LogP contribution in [0.4, 0.5) is 5.69 Å². The van der Waals surface area contributed by atoms with Crippen LogP contribution in [-0.2, 0) is 4.74 Å². The van der Waals surface area contributed by atoms with E-state index >= 15 is 0 Å². The topological polar surface area (TPSA) is 52.1 Å². The molecule has 1 aromatic carbocycles. The van der Waals surface area contributed by atoms with Crippen molar-refractivity contribution in [2.24, 2.45) is 4.99 Å². The molecule has 0 aromatic heterocycles. The summed E-state index contributed by atoms with van der Waals surface area (Å²) in [4.78, 5) is 9.33. The van der Waals surface area contributed by atoms with E-state index < -0.39 is 0 Å². The largest absolute Gasteiger partial charge is 0.376 e. The van der Waals surface area contributed by atoms with Crippen LogP contribution in [0.5, 0.6) is 0 Å². The molecule has 0 saturated carbocycles. The Hall–Kier alpha value is -1.06. The van der Waals surface area contributed by atoms with Gasteiger partial charge in [0, 0.05) is 58.6 Å². The Morgan fingerprint density at radius 2 is 1.93 bits per heavy atom. The van der Waals surface area contributed by atoms with Crippen LogP contribution in [0.1, 0.15) is 19.3 Å². The quantitative estimate of drug-likeness (QED) is 0.267. The maximum Gasteiger partial charge on any atom is 0.191 e. The van der Waals surface area contributed by atoms with Crippen molar-refractivity contribution in [3.63, 3.8) is 0 Å². The molecule has 2 saturated heterocycles. The molecule has 6 nitrogen and oxygen atoms in total. The van der Waals surface area contributed by atoms with Gasteiger partial charge in [-0.3, -0.25) is 9.89 Å². The fourth-order valence-corrected chi connectivity index (χ4v) is 3.61. The van der Waals surface area contributed by atoms with Crippen molar-refractivity contribution < 1.29 is 4.74 Å². The maximum atomic E-state index is 5.64. The number of nitrogens with zero attached hydrogens (tertiary/aromatic N) is 3. The zero-order chi connectivity index (χ0) is 18.0. The van der Waals surface area contributed by atoms with Crippen molar-refractivity contribution in [3.8, 4) is 0 Å². The first-order valence-corrected chi connectivity index (χ1v) is 9.93. The number of aliphatic imine (C=N–C) groups is 1. The van der Waals surface area contributed by atoms with Gasteiger partial charge >= 0.3 is 0 Å². The van der Waals surface area contributed by atoms with Crippen molar-refractivity contribution in [3.05, 3.63) is 30.3 Å². The van der Waals surface area contributed by atoms with Gasteiger partial charge in [0.05, 0.1) is 6.10 Å². The minimum absolute atomic E-state index is 0. The Bertz CT molecular complexity index is 543. The molecule has 0 amide bonds. The zero-order valence-electron chi connectivity index (χ0n) is 16.4. The number of rotatable bonds is 7. The Morgan fingerprint density at radius 1 is 1.15 bits per heavy atom. The number of hydrogen-bond acceptors (Lipinski definition) is 4. The molecule has 1 aromatic rings. The van der Waals surface area contributed by atoms with Crippen LogP contribution in [0.2, 0.25) is 0 Å². The number of benzene rings is 1. The molecule has 0 aliphatic carbocycles. The number of anilines is 1.